The standard InChI is InChI=1S/C12H17ClN4O2/c1-16-11(9(13)8-15-16)12(19)14-5-3-7-17-6-2-4-10(17)18/h8H,2-7H2,1H3,(H,14,19). The topological polar surface area (TPSA) is 67.2 Å². The number of hydrogen-bond donors (Lipinski definition) is 1. The van der Waals surface area contributed by atoms with E-state index in [2.05, 4.69) is 10.4 Å². The number of likely N-dealkylation sites (tertiary alicyclic amines) is 1. The van der Waals surface area contributed by atoms with Gasteiger partial charge in [-0.1, -0.05) is 11.6 Å². The Hall–Kier alpha value is -1.56. The summed E-state index contributed by atoms with van der Waals surface area (Å²) in [6.07, 6.45) is 3.78. The van der Waals surface area contributed by atoms with Crippen molar-refractivity contribution in [2.24, 2.45) is 7.05 Å². The molecular weight excluding hydrogens is 268 g/mol. The smallest absolute Gasteiger partial charge is 0.271 e. The molecule has 19 heavy (non-hydrogen) atoms. The van der Waals surface area contributed by atoms with Crippen LogP contribution in [0.1, 0.15) is 29.8 Å². The largest absolute Gasteiger partial charge is 0.351 e. The Morgan fingerprint density at radius 3 is 2.95 bits per heavy atom. The molecule has 2 rings (SSSR count). The molecule has 0 radical (unpaired) electrons. The first-order chi connectivity index (χ1) is 9.09. The van der Waals surface area contributed by atoms with Gasteiger partial charge in [0.25, 0.3) is 5.91 Å². The minimum Gasteiger partial charge on any atom is -0.351 e. The first-order valence-electron chi connectivity index (χ1n) is 6.33. The Labute approximate surface area is 116 Å². The van der Waals surface area contributed by atoms with Crippen LogP contribution in [-0.2, 0) is 11.8 Å². The fraction of sp³-hybridized carbons (Fsp3) is 0.583. The number of nitrogens with zero attached hydrogens (tertiary/aromatic N) is 3. The lowest BCUT2D eigenvalue weighted by molar-refractivity contribution is -0.127. The van der Waals surface area contributed by atoms with Crippen LogP contribution in [0.15, 0.2) is 6.20 Å². The number of rotatable bonds is 5. The number of carbonyl (C=O) groups is 2. The molecule has 0 atom stereocenters. The monoisotopic (exact) mass is 284 g/mol. The zero-order valence-corrected chi connectivity index (χ0v) is 11.6. The van der Waals surface area contributed by atoms with Gasteiger partial charge in [-0.25, -0.2) is 0 Å². The van der Waals surface area contributed by atoms with Crippen molar-refractivity contribution in [1.82, 2.24) is 20.0 Å². The third kappa shape index (κ3) is 3.26. The number of amides is 2. The Morgan fingerprint density at radius 1 is 1.58 bits per heavy atom. The molecule has 1 aromatic rings. The second kappa shape index (κ2) is 6.06. The van der Waals surface area contributed by atoms with E-state index in [9.17, 15) is 9.59 Å². The van der Waals surface area contributed by atoms with Crippen molar-refractivity contribution in [2.45, 2.75) is 19.3 Å². The maximum absolute atomic E-state index is 11.9. The highest BCUT2D eigenvalue weighted by Gasteiger charge is 2.19. The molecule has 1 aliphatic rings. The third-order valence-electron chi connectivity index (χ3n) is 3.17. The summed E-state index contributed by atoms with van der Waals surface area (Å²) < 4.78 is 1.45. The maximum Gasteiger partial charge on any atom is 0.271 e. The first-order valence-corrected chi connectivity index (χ1v) is 6.71. The second-order valence-electron chi connectivity index (χ2n) is 4.56. The molecule has 1 saturated heterocycles. The third-order valence-corrected chi connectivity index (χ3v) is 3.45. The Morgan fingerprint density at radius 2 is 2.37 bits per heavy atom. The maximum atomic E-state index is 11.9. The van der Waals surface area contributed by atoms with Gasteiger partial charge in [0.2, 0.25) is 5.91 Å². The van der Waals surface area contributed by atoms with E-state index < -0.39 is 0 Å². The average Bonchev–Trinajstić information content (AvgIpc) is 2.92. The minimum absolute atomic E-state index is 0.209. The van der Waals surface area contributed by atoms with Gasteiger partial charge in [-0.2, -0.15) is 5.10 Å². The molecule has 1 aliphatic heterocycles. The second-order valence-corrected chi connectivity index (χ2v) is 4.97. The summed E-state index contributed by atoms with van der Waals surface area (Å²) in [5.41, 5.74) is 0.360. The van der Waals surface area contributed by atoms with Crippen LogP contribution in [0, 0.1) is 0 Å². The highest BCUT2D eigenvalue weighted by Crippen LogP contribution is 2.13. The van der Waals surface area contributed by atoms with Gasteiger partial charge < -0.3 is 10.2 Å². The molecule has 7 heteroatoms. The van der Waals surface area contributed by atoms with Crippen LogP contribution in [0.2, 0.25) is 5.02 Å². The molecule has 104 valence electrons. The van der Waals surface area contributed by atoms with E-state index in [0.29, 0.717) is 30.2 Å². The lowest BCUT2D eigenvalue weighted by Crippen LogP contribution is -2.31. The van der Waals surface area contributed by atoms with E-state index in [1.165, 1.54) is 10.9 Å². The molecule has 0 saturated carbocycles. The number of hydrogen-bond acceptors (Lipinski definition) is 3. The number of halogens is 1. The van der Waals surface area contributed by atoms with Crippen molar-refractivity contribution >= 4 is 23.4 Å². The molecule has 0 aromatic carbocycles. The average molecular weight is 285 g/mol. The van der Waals surface area contributed by atoms with E-state index >= 15 is 0 Å². The van der Waals surface area contributed by atoms with Crippen LogP contribution >= 0.6 is 11.6 Å². The van der Waals surface area contributed by atoms with Crippen molar-refractivity contribution in [2.75, 3.05) is 19.6 Å². The van der Waals surface area contributed by atoms with Crippen molar-refractivity contribution in [3.8, 4) is 0 Å². The highest BCUT2D eigenvalue weighted by molar-refractivity contribution is 6.33. The lowest BCUT2D eigenvalue weighted by atomic mass is 10.3. The fourth-order valence-corrected chi connectivity index (χ4v) is 2.41. The van der Waals surface area contributed by atoms with Crippen LogP contribution in [0.25, 0.3) is 0 Å². The number of aromatic nitrogens is 2. The van der Waals surface area contributed by atoms with E-state index in [1.807, 2.05) is 4.90 Å². The van der Waals surface area contributed by atoms with Crippen molar-refractivity contribution in [3.63, 3.8) is 0 Å². The van der Waals surface area contributed by atoms with Crippen LogP contribution < -0.4 is 5.32 Å². The first kappa shape index (κ1) is 13.9. The van der Waals surface area contributed by atoms with E-state index in [0.717, 1.165) is 19.4 Å². The summed E-state index contributed by atoms with van der Waals surface area (Å²) in [5.74, 6) is -0.0289. The zero-order chi connectivity index (χ0) is 13.8. The van der Waals surface area contributed by atoms with Crippen LogP contribution in [0.5, 0.6) is 0 Å². The van der Waals surface area contributed by atoms with Gasteiger partial charge in [-0.15, -0.1) is 0 Å². The molecule has 0 unspecified atom stereocenters. The normalized spacial score (nSPS) is 15.1. The van der Waals surface area contributed by atoms with Gasteiger partial charge >= 0.3 is 0 Å². The number of aryl methyl sites for hydroxylation is 1. The molecular formula is C12H17ClN4O2. The Kier molecular flexibility index (Phi) is 4.42. The molecule has 2 amide bonds. The summed E-state index contributed by atoms with van der Waals surface area (Å²) in [5, 5.41) is 7.04. The van der Waals surface area contributed by atoms with Gasteiger partial charge in [-0.3, -0.25) is 14.3 Å². The molecule has 6 nitrogen and oxygen atoms in total. The minimum atomic E-state index is -0.238. The SMILES string of the molecule is Cn1ncc(Cl)c1C(=O)NCCCN1CCCC1=O. The molecule has 0 aliphatic carbocycles. The lowest BCUT2D eigenvalue weighted by Gasteiger charge is -2.15. The molecule has 0 spiro atoms. The summed E-state index contributed by atoms with van der Waals surface area (Å²) in [6.45, 7) is 2.04. The highest BCUT2D eigenvalue weighted by atomic mass is 35.5. The summed E-state index contributed by atoms with van der Waals surface area (Å²) >= 11 is 5.88. The van der Waals surface area contributed by atoms with Crippen LogP contribution in [-0.4, -0.2) is 46.1 Å². The van der Waals surface area contributed by atoms with Gasteiger partial charge in [-0.05, 0) is 12.8 Å². The molecule has 1 fully saturated rings. The number of nitrogens with one attached hydrogen (secondary N) is 1. The summed E-state index contributed by atoms with van der Waals surface area (Å²) in [6, 6.07) is 0. The van der Waals surface area contributed by atoms with E-state index in [-0.39, 0.29) is 11.8 Å². The quantitative estimate of drug-likeness (QED) is 0.814. The Bertz CT molecular complexity index is 467. The van der Waals surface area contributed by atoms with Crippen LogP contribution in [0.3, 0.4) is 0 Å². The molecule has 0 bridgehead atoms. The number of carbonyl (C=O) groups excluding carboxylic acids is 2. The summed E-state index contributed by atoms with van der Waals surface area (Å²) in [7, 11) is 1.67. The molecule has 1 N–H and O–H groups in total. The van der Waals surface area contributed by atoms with Crippen molar-refractivity contribution < 1.29 is 9.59 Å². The van der Waals surface area contributed by atoms with Gasteiger partial charge in [0, 0.05) is 33.1 Å². The Balaban J connectivity index is 1.74. The van der Waals surface area contributed by atoms with E-state index in [1.54, 1.807) is 7.05 Å². The summed E-state index contributed by atoms with van der Waals surface area (Å²) in [4.78, 5) is 25.1. The molecule has 1 aromatic heterocycles. The van der Waals surface area contributed by atoms with Gasteiger partial charge in [0.05, 0.1) is 11.2 Å². The van der Waals surface area contributed by atoms with E-state index in [4.69, 9.17) is 11.6 Å². The predicted molar refractivity (Wildman–Crippen MR) is 71.0 cm³/mol. The van der Waals surface area contributed by atoms with Gasteiger partial charge in [0.1, 0.15) is 5.69 Å². The predicted octanol–water partition coefficient (Wildman–Crippen LogP) is 0.816. The molecule has 2 heterocycles. The van der Waals surface area contributed by atoms with Crippen molar-refractivity contribution in [3.05, 3.63) is 16.9 Å². The van der Waals surface area contributed by atoms with Crippen molar-refractivity contribution in [1.29, 1.82) is 0 Å². The van der Waals surface area contributed by atoms with Crippen LogP contribution in [0.4, 0.5) is 0 Å². The van der Waals surface area contributed by atoms with Gasteiger partial charge in [0.15, 0.2) is 0 Å². The zero-order valence-electron chi connectivity index (χ0n) is 10.9. The fourth-order valence-electron chi connectivity index (χ4n) is 2.16.